The first-order valence-electron chi connectivity index (χ1n) is 42.5. The van der Waals surface area contributed by atoms with E-state index < -0.39 is 11.4 Å². The van der Waals surface area contributed by atoms with Gasteiger partial charge in [0.2, 0.25) is 0 Å². The van der Waals surface area contributed by atoms with E-state index in [-0.39, 0.29) is 40.7 Å². The predicted octanol–water partition coefficient (Wildman–Crippen LogP) is 27.4. The molecule has 3 unspecified atom stereocenters. The summed E-state index contributed by atoms with van der Waals surface area (Å²) in [7, 11) is 7.77. The summed E-state index contributed by atoms with van der Waals surface area (Å²) in [4.78, 5) is 79.4. The van der Waals surface area contributed by atoms with E-state index in [1.54, 1.807) is 0 Å². The molecule has 1 N–H and O–H groups in total. The maximum atomic E-state index is 12.3. The summed E-state index contributed by atoms with van der Waals surface area (Å²) in [6.45, 7) is 16.4. The number of allylic oxidation sites excluding steroid dienone is 2. The summed E-state index contributed by atoms with van der Waals surface area (Å²) < 4.78 is 49.8. The summed E-state index contributed by atoms with van der Waals surface area (Å²) >= 11 is 0. The van der Waals surface area contributed by atoms with Gasteiger partial charge in [0.25, 0.3) is 0 Å². The van der Waals surface area contributed by atoms with E-state index in [4.69, 9.17) is 13.9 Å². The summed E-state index contributed by atoms with van der Waals surface area (Å²) in [6.07, 6.45) is 76.3. The molecule has 0 heterocycles. The first-order valence-corrected chi connectivity index (χ1v) is 42.5. The molecule has 0 saturated carbocycles. The molecule has 0 spiro atoms. The van der Waals surface area contributed by atoms with Crippen molar-refractivity contribution in [3.8, 4) is 0 Å². The summed E-state index contributed by atoms with van der Waals surface area (Å²) in [5, 5.41) is 9.61. The Labute approximate surface area is 639 Å². The standard InChI is InChI=1S/C23H44O4.C22H42O4.C22H42O3.C19H36O2.CH3BF.F2/c1-5-6-7-8-10-13-16-19-23(2,22(25)27-4)20-17-14-11-9-12-15-18-21(24)26-3;1-4-5-6-7-9-12-15-18-22(2,21(24)25)19-16-13-10-8-11-14-17-20(23)26-3;1-4-5-6-7-9-12-15-18-22(2,20-23)19-16-13-10-8-11-14-17-21(24)25-3;1-3-4-5-6-7-8-9-10-11-12-13-14-15-16-17-18-19(20)21-2;1-2-3;1-2/h5-20H2,1-4H3;4-19H2,1-3H3,(H,24,25);20H,4-19H2,1-3H3;10-11H,3-9,12-18H2,1-2H3;1H3;/b;;;11-10-;;. The molecular formula is C87H167BF3O13. The number of carbonyl (C=O) groups excluding carboxylic acids is 6. The van der Waals surface area contributed by atoms with Crippen LogP contribution in [0.2, 0.25) is 6.82 Å². The lowest BCUT2D eigenvalue weighted by atomic mass is 9.79. The third kappa shape index (κ3) is 85.3. The predicted molar refractivity (Wildman–Crippen MR) is 431 cm³/mol. The molecule has 17 heteroatoms. The van der Waals surface area contributed by atoms with Crippen molar-refractivity contribution in [3.63, 3.8) is 0 Å². The Balaban J connectivity index is -0.000000302. The van der Waals surface area contributed by atoms with Gasteiger partial charge in [-0.3, -0.25) is 28.8 Å². The van der Waals surface area contributed by atoms with Gasteiger partial charge in [0.1, 0.15) is 6.29 Å². The van der Waals surface area contributed by atoms with Crippen LogP contribution in [0.5, 0.6) is 0 Å². The van der Waals surface area contributed by atoms with Crippen LogP contribution in [0.4, 0.5) is 13.5 Å². The van der Waals surface area contributed by atoms with Crippen molar-refractivity contribution in [2.45, 2.75) is 453 Å². The molecule has 0 fully saturated rings. The summed E-state index contributed by atoms with van der Waals surface area (Å²) in [6, 6.07) is 0. The molecule has 0 aliphatic rings. The Morgan fingerprint density at radius 1 is 0.317 bits per heavy atom. The Morgan fingerprint density at radius 2 is 0.510 bits per heavy atom. The minimum absolute atomic E-state index is 0.0495. The quantitative estimate of drug-likeness (QED) is 0.0152. The fraction of sp³-hybridized carbons (Fsp3) is 0.897. The van der Waals surface area contributed by atoms with Crippen molar-refractivity contribution < 1.29 is 75.8 Å². The zero-order valence-corrected chi connectivity index (χ0v) is 70.1. The highest BCUT2D eigenvalue weighted by molar-refractivity contribution is 6.23. The average molecular weight is 1490 g/mol. The molecule has 617 valence electrons. The minimum Gasteiger partial charge on any atom is -0.481 e. The first kappa shape index (κ1) is 111. The smallest absolute Gasteiger partial charge is 0.351 e. The minimum atomic E-state index is -0.637. The number of aldehydes is 1. The van der Waals surface area contributed by atoms with Crippen molar-refractivity contribution in [2.24, 2.45) is 16.2 Å². The van der Waals surface area contributed by atoms with Gasteiger partial charge in [0.15, 0.2) is 0 Å². The maximum absolute atomic E-state index is 12.3. The van der Waals surface area contributed by atoms with Crippen LogP contribution in [-0.2, 0) is 57.2 Å². The molecule has 0 aromatic heterocycles. The van der Waals surface area contributed by atoms with E-state index in [0.717, 1.165) is 167 Å². The number of rotatable bonds is 69. The van der Waals surface area contributed by atoms with Crippen LogP contribution < -0.4 is 0 Å². The zero-order chi connectivity index (χ0) is 79.2. The van der Waals surface area contributed by atoms with E-state index in [2.05, 4.69) is 72.6 Å². The number of halogens is 3. The van der Waals surface area contributed by atoms with E-state index >= 15 is 0 Å². The van der Waals surface area contributed by atoms with Crippen LogP contribution in [0.1, 0.15) is 447 Å². The SMILES string of the molecule is CCCCCCCC/C=C\CCCCCCCC(=O)OC.CCCCCCCCCC(C)(C=O)CCCCCCCCC(=O)OC.CCCCCCCCCC(C)(CCCCCCCCC(=O)OC)C(=O)O.CCCCCCCCCC(C)(CCCCCCCCC(=O)OC)C(=O)OC.C[B]F.FF. The molecule has 0 saturated heterocycles. The second-order valence-corrected chi connectivity index (χ2v) is 30.0. The van der Waals surface area contributed by atoms with Gasteiger partial charge in [-0.2, -0.15) is 0 Å². The number of carbonyl (C=O) groups is 7. The Kier molecular flexibility index (Phi) is 95.7. The number of hydrogen-bond donors (Lipinski definition) is 1. The second-order valence-electron chi connectivity index (χ2n) is 30.0. The lowest BCUT2D eigenvalue weighted by molar-refractivity contribution is -0.153. The Morgan fingerprint density at radius 3 is 0.712 bits per heavy atom. The number of carboxylic acids is 1. The number of aliphatic carboxylic acids is 1. The third-order valence-corrected chi connectivity index (χ3v) is 20.1. The van der Waals surface area contributed by atoms with Gasteiger partial charge in [-0.15, -0.1) is 0 Å². The molecule has 104 heavy (non-hydrogen) atoms. The van der Waals surface area contributed by atoms with Crippen LogP contribution in [-0.4, -0.2) is 90.3 Å². The van der Waals surface area contributed by atoms with Crippen LogP contribution in [0.25, 0.3) is 0 Å². The van der Waals surface area contributed by atoms with E-state index in [0.29, 0.717) is 33.2 Å². The topological polar surface area (TPSA) is 186 Å². The fourth-order valence-corrected chi connectivity index (χ4v) is 12.8. The van der Waals surface area contributed by atoms with Crippen LogP contribution in [0.15, 0.2) is 12.2 Å². The second kappa shape index (κ2) is 89.7. The largest absolute Gasteiger partial charge is 0.481 e. The fourth-order valence-electron chi connectivity index (χ4n) is 12.8. The van der Waals surface area contributed by atoms with Crippen LogP contribution >= 0.6 is 0 Å². The lowest BCUT2D eigenvalue weighted by Gasteiger charge is -2.26. The molecule has 3 atom stereocenters. The number of hydrogen-bond acceptors (Lipinski definition) is 12. The number of methoxy groups -OCH3 is 5. The highest BCUT2D eigenvalue weighted by Crippen LogP contribution is 2.35. The van der Waals surface area contributed by atoms with Crippen molar-refractivity contribution in [1.29, 1.82) is 0 Å². The highest BCUT2D eigenvalue weighted by Gasteiger charge is 2.33. The van der Waals surface area contributed by atoms with Gasteiger partial charge < -0.3 is 37.9 Å². The van der Waals surface area contributed by atoms with E-state index in [1.807, 2.05) is 6.92 Å². The molecule has 0 bridgehead atoms. The Bertz CT molecular complexity index is 1880. The van der Waals surface area contributed by atoms with Gasteiger partial charge in [0, 0.05) is 40.2 Å². The highest BCUT2D eigenvalue weighted by atomic mass is 20.0. The first-order chi connectivity index (χ1) is 50.3. The molecule has 13 nitrogen and oxygen atoms in total. The van der Waals surface area contributed by atoms with Crippen LogP contribution in [0.3, 0.4) is 0 Å². The molecule has 0 aliphatic carbocycles. The van der Waals surface area contributed by atoms with Crippen molar-refractivity contribution in [2.75, 3.05) is 35.5 Å². The van der Waals surface area contributed by atoms with Gasteiger partial charge in [0.05, 0.1) is 46.4 Å². The van der Waals surface area contributed by atoms with Gasteiger partial charge in [-0.05, 0) is 104 Å². The molecule has 0 aliphatic heterocycles. The van der Waals surface area contributed by atoms with Gasteiger partial charge >= 0.3 is 43.4 Å². The van der Waals surface area contributed by atoms with Gasteiger partial charge in [-0.25, -0.2) is 0 Å². The van der Waals surface area contributed by atoms with Crippen molar-refractivity contribution >= 4 is 49.7 Å². The lowest BCUT2D eigenvalue weighted by Crippen LogP contribution is -2.29. The van der Waals surface area contributed by atoms with Crippen molar-refractivity contribution in [1.82, 2.24) is 0 Å². The molecule has 0 aromatic carbocycles. The summed E-state index contributed by atoms with van der Waals surface area (Å²) in [5.74, 6) is -1.12. The Hall–Kier alpha value is -3.92. The van der Waals surface area contributed by atoms with Crippen LogP contribution in [0, 0.1) is 16.2 Å². The number of carboxylic acid groups (broad SMARTS) is 1. The van der Waals surface area contributed by atoms with Gasteiger partial charge in [-0.1, -0.05) is 336 Å². The zero-order valence-electron chi connectivity index (χ0n) is 70.1. The number of esters is 5. The molecular weight excluding hydrogens is 1320 g/mol. The normalized spacial score (nSPS) is 12.4. The summed E-state index contributed by atoms with van der Waals surface area (Å²) in [5.41, 5.74) is -1.01. The molecule has 1 radical (unpaired) electrons. The number of ether oxygens (including phenoxy) is 5. The average Bonchev–Trinajstić information content (AvgIpc) is 0.879. The van der Waals surface area contributed by atoms with Crippen molar-refractivity contribution in [3.05, 3.63) is 12.2 Å². The molecule has 0 rings (SSSR count). The monoisotopic (exact) mass is 1490 g/mol. The maximum Gasteiger partial charge on any atom is 0.351 e. The molecule has 0 aromatic rings. The van der Waals surface area contributed by atoms with E-state index in [9.17, 15) is 43.0 Å². The number of unbranched alkanes of at least 4 members (excludes halogenated alkanes) is 44. The molecule has 0 amide bonds. The third-order valence-electron chi connectivity index (χ3n) is 20.1. The van der Waals surface area contributed by atoms with E-state index in [1.165, 1.54) is 254 Å².